The molecule has 0 saturated heterocycles. The fourth-order valence-electron chi connectivity index (χ4n) is 1.93. The second kappa shape index (κ2) is 6.65. The van der Waals surface area contributed by atoms with E-state index >= 15 is 0 Å². The van der Waals surface area contributed by atoms with Crippen LogP contribution in [0.25, 0.3) is 0 Å². The molecule has 0 saturated carbocycles. The van der Waals surface area contributed by atoms with Crippen molar-refractivity contribution in [2.45, 2.75) is 19.6 Å². The Hall–Kier alpha value is -1.43. The van der Waals surface area contributed by atoms with Crippen LogP contribution in [0.2, 0.25) is 5.02 Å². The maximum absolute atomic E-state index is 5.97. The van der Waals surface area contributed by atoms with Crippen molar-refractivity contribution in [2.24, 2.45) is 5.73 Å². The third-order valence-electron chi connectivity index (χ3n) is 2.72. The summed E-state index contributed by atoms with van der Waals surface area (Å²) in [4.78, 5) is 2.17. The van der Waals surface area contributed by atoms with E-state index in [0.29, 0.717) is 13.1 Å². The lowest BCUT2D eigenvalue weighted by molar-refractivity contribution is 0.315. The van der Waals surface area contributed by atoms with Crippen molar-refractivity contribution in [2.75, 3.05) is 13.6 Å². The van der Waals surface area contributed by atoms with Crippen LogP contribution in [0.4, 0.5) is 0 Å². The van der Waals surface area contributed by atoms with Gasteiger partial charge in [-0.05, 0) is 24.7 Å². The molecular formula is C13H18ClN5. The maximum atomic E-state index is 5.97. The summed E-state index contributed by atoms with van der Waals surface area (Å²) in [6.07, 6.45) is 1.93. The van der Waals surface area contributed by atoms with Gasteiger partial charge >= 0.3 is 0 Å². The van der Waals surface area contributed by atoms with Crippen LogP contribution < -0.4 is 5.73 Å². The Morgan fingerprint density at radius 2 is 2.21 bits per heavy atom. The van der Waals surface area contributed by atoms with Gasteiger partial charge in [-0.15, -0.1) is 5.10 Å². The summed E-state index contributed by atoms with van der Waals surface area (Å²) in [5, 5.41) is 8.91. The van der Waals surface area contributed by atoms with Gasteiger partial charge in [0.2, 0.25) is 0 Å². The highest BCUT2D eigenvalue weighted by molar-refractivity contribution is 6.30. The largest absolute Gasteiger partial charge is 0.329 e. The highest BCUT2D eigenvalue weighted by Gasteiger charge is 2.06. The Morgan fingerprint density at radius 1 is 1.37 bits per heavy atom. The van der Waals surface area contributed by atoms with Gasteiger partial charge in [-0.25, -0.2) is 0 Å². The topological polar surface area (TPSA) is 60.0 Å². The van der Waals surface area contributed by atoms with Gasteiger partial charge in [0.05, 0.1) is 12.2 Å². The van der Waals surface area contributed by atoms with E-state index in [1.165, 1.54) is 5.56 Å². The van der Waals surface area contributed by atoms with Crippen LogP contribution in [0.5, 0.6) is 0 Å². The molecule has 0 spiro atoms. The number of rotatable bonds is 6. The van der Waals surface area contributed by atoms with E-state index in [0.717, 1.165) is 23.8 Å². The van der Waals surface area contributed by atoms with E-state index in [9.17, 15) is 0 Å². The van der Waals surface area contributed by atoms with Crippen molar-refractivity contribution in [3.8, 4) is 0 Å². The first-order chi connectivity index (χ1) is 9.17. The van der Waals surface area contributed by atoms with Crippen molar-refractivity contribution in [3.63, 3.8) is 0 Å². The van der Waals surface area contributed by atoms with E-state index < -0.39 is 0 Å². The van der Waals surface area contributed by atoms with E-state index in [4.69, 9.17) is 17.3 Å². The van der Waals surface area contributed by atoms with Crippen molar-refractivity contribution in [1.82, 2.24) is 19.9 Å². The van der Waals surface area contributed by atoms with E-state index in [1.807, 2.05) is 31.4 Å². The van der Waals surface area contributed by atoms with Crippen LogP contribution in [0.3, 0.4) is 0 Å². The van der Waals surface area contributed by atoms with Gasteiger partial charge in [0.1, 0.15) is 0 Å². The minimum absolute atomic E-state index is 0.571. The molecule has 5 nitrogen and oxygen atoms in total. The van der Waals surface area contributed by atoms with E-state index in [2.05, 4.69) is 21.3 Å². The zero-order chi connectivity index (χ0) is 13.7. The lowest BCUT2D eigenvalue weighted by atomic mass is 10.2. The first-order valence-electron chi connectivity index (χ1n) is 6.19. The highest BCUT2D eigenvalue weighted by Crippen LogP contribution is 2.12. The molecule has 0 aliphatic heterocycles. The van der Waals surface area contributed by atoms with E-state index in [1.54, 1.807) is 4.68 Å². The average Bonchev–Trinajstić information content (AvgIpc) is 2.77. The molecule has 1 aromatic heterocycles. The molecule has 0 fully saturated rings. The van der Waals surface area contributed by atoms with Crippen molar-refractivity contribution >= 4 is 11.6 Å². The Kier molecular flexibility index (Phi) is 4.90. The minimum atomic E-state index is 0.571. The molecule has 0 amide bonds. The summed E-state index contributed by atoms with van der Waals surface area (Å²) in [6.45, 7) is 2.84. The molecule has 2 rings (SSSR count). The number of aromatic nitrogens is 3. The van der Waals surface area contributed by atoms with Crippen LogP contribution in [-0.4, -0.2) is 33.5 Å². The molecule has 0 atom stereocenters. The predicted molar refractivity (Wildman–Crippen MR) is 75.7 cm³/mol. The number of nitrogens with zero attached hydrogens (tertiary/aromatic N) is 4. The fourth-order valence-corrected chi connectivity index (χ4v) is 2.14. The zero-order valence-corrected chi connectivity index (χ0v) is 11.7. The van der Waals surface area contributed by atoms with Crippen molar-refractivity contribution < 1.29 is 0 Å². The number of nitrogens with two attached hydrogens (primary N) is 1. The third-order valence-corrected chi connectivity index (χ3v) is 2.95. The van der Waals surface area contributed by atoms with Crippen LogP contribution in [0.15, 0.2) is 30.5 Å². The second-order valence-electron chi connectivity index (χ2n) is 4.56. The summed E-state index contributed by atoms with van der Waals surface area (Å²) >= 11 is 5.97. The number of hydrogen-bond donors (Lipinski definition) is 1. The predicted octanol–water partition coefficient (Wildman–Crippen LogP) is 1.52. The molecule has 1 heterocycles. The van der Waals surface area contributed by atoms with Gasteiger partial charge in [-0.3, -0.25) is 9.58 Å². The molecule has 6 heteroatoms. The fraction of sp³-hybridized carbons (Fsp3) is 0.385. The molecule has 1 aromatic carbocycles. The van der Waals surface area contributed by atoms with Crippen LogP contribution in [0.1, 0.15) is 11.3 Å². The molecule has 2 N–H and O–H groups in total. The lowest BCUT2D eigenvalue weighted by Gasteiger charge is -2.15. The zero-order valence-electron chi connectivity index (χ0n) is 11.0. The van der Waals surface area contributed by atoms with Gasteiger partial charge < -0.3 is 5.73 Å². The summed E-state index contributed by atoms with van der Waals surface area (Å²) in [5.74, 6) is 0. The average molecular weight is 280 g/mol. The first kappa shape index (κ1) is 14.0. The van der Waals surface area contributed by atoms with Crippen molar-refractivity contribution in [3.05, 3.63) is 46.7 Å². The second-order valence-corrected chi connectivity index (χ2v) is 5.00. The normalized spacial score (nSPS) is 11.2. The summed E-state index contributed by atoms with van der Waals surface area (Å²) in [5.41, 5.74) is 7.60. The molecule has 0 aliphatic rings. The van der Waals surface area contributed by atoms with Crippen molar-refractivity contribution in [1.29, 1.82) is 0 Å². The molecule has 0 unspecified atom stereocenters. The van der Waals surface area contributed by atoms with Gasteiger partial charge in [0.25, 0.3) is 0 Å². The Balaban J connectivity index is 1.91. The van der Waals surface area contributed by atoms with Crippen LogP contribution in [0, 0.1) is 0 Å². The number of halogens is 1. The molecule has 0 aliphatic carbocycles. The SMILES string of the molecule is CN(Cc1cccc(Cl)c1)Cc1cn(CCN)nn1. The quantitative estimate of drug-likeness (QED) is 0.871. The molecule has 102 valence electrons. The summed E-state index contributed by atoms with van der Waals surface area (Å²) in [7, 11) is 2.04. The molecular weight excluding hydrogens is 262 g/mol. The molecule has 2 aromatic rings. The van der Waals surface area contributed by atoms with Gasteiger partial charge in [-0.1, -0.05) is 28.9 Å². The van der Waals surface area contributed by atoms with E-state index in [-0.39, 0.29) is 0 Å². The Morgan fingerprint density at radius 3 is 2.95 bits per heavy atom. The smallest absolute Gasteiger partial charge is 0.0967 e. The standard InChI is InChI=1S/C13H18ClN5/c1-18(8-11-3-2-4-12(14)7-11)9-13-10-19(6-5-15)17-16-13/h2-4,7,10H,5-6,8-9,15H2,1H3. The highest BCUT2D eigenvalue weighted by atomic mass is 35.5. The maximum Gasteiger partial charge on any atom is 0.0967 e. The molecule has 19 heavy (non-hydrogen) atoms. The van der Waals surface area contributed by atoms with Gasteiger partial charge in [0, 0.05) is 30.9 Å². The summed E-state index contributed by atoms with van der Waals surface area (Å²) in [6, 6.07) is 7.88. The first-order valence-corrected chi connectivity index (χ1v) is 6.57. The van der Waals surface area contributed by atoms with Crippen LogP contribution in [-0.2, 0) is 19.6 Å². The van der Waals surface area contributed by atoms with Gasteiger partial charge in [-0.2, -0.15) is 0 Å². The summed E-state index contributed by atoms with van der Waals surface area (Å²) < 4.78 is 1.77. The van der Waals surface area contributed by atoms with Crippen LogP contribution >= 0.6 is 11.6 Å². The monoisotopic (exact) mass is 279 g/mol. The Labute approximate surface area is 118 Å². The number of benzene rings is 1. The third kappa shape index (κ3) is 4.31. The Bertz CT molecular complexity index is 525. The number of hydrogen-bond acceptors (Lipinski definition) is 4. The molecule has 0 radical (unpaired) electrons. The lowest BCUT2D eigenvalue weighted by Crippen LogP contribution is -2.17. The van der Waals surface area contributed by atoms with Gasteiger partial charge in [0.15, 0.2) is 0 Å². The molecule has 0 bridgehead atoms. The minimum Gasteiger partial charge on any atom is -0.329 e.